The third-order valence-electron chi connectivity index (χ3n) is 8.90. The van der Waals surface area contributed by atoms with Gasteiger partial charge in [-0.1, -0.05) is 76.2 Å². The second-order valence-electron chi connectivity index (χ2n) is 12.7. The minimum absolute atomic E-state index is 0.504. The fourth-order valence-corrected chi connectivity index (χ4v) is 6.29. The molecule has 0 atom stereocenters. The Kier molecular flexibility index (Phi) is 9.40. The molecule has 2 aromatic heterocycles. The average molecular weight is 595 g/mol. The first-order chi connectivity index (χ1) is 22.0. The quantitative estimate of drug-likeness (QED) is 0.171. The van der Waals surface area contributed by atoms with Crippen LogP contribution in [0.2, 0.25) is 0 Å². The van der Waals surface area contributed by atoms with Crippen molar-refractivity contribution in [2.24, 2.45) is 0 Å². The van der Waals surface area contributed by atoms with Crippen LogP contribution in [0, 0.1) is 0 Å². The molecule has 4 heterocycles. The summed E-state index contributed by atoms with van der Waals surface area (Å²) in [6.45, 7) is 12.8. The van der Waals surface area contributed by atoms with Crippen LogP contribution in [0.4, 0.5) is 11.4 Å². The highest BCUT2D eigenvalue weighted by molar-refractivity contribution is 5.78. The first-order valence-corrected chi connectivity index (χ1v) is 16.4. The number of para-hydroxylation sites is 2. The van der Waals surface area contributed by atoms with Gasteiger partial charge in [0.05, 0.1) is 6.42 Å². The van der Waals surface area contributed by atoms with Crippen LogP contribution < -0.4 is 18.9 Å². The maximum atomic E-state index is 2.34. The minimum Gasteiger partial charge on any atom is -0.344 e. The predicted octanol–water partition coefficient (Wildman–Crippen LogP) is 8.43. The Balaban J connectivity index is 0.987. The number of pyridine rings is 2. The van der Waals surface area contributed by atoms with Crippen molar-refractivity contribution in [1.29, 1.82) is 0 Å². The molecule has 0 aliphatic carbocycles. The molecule has 0 amide bonds. The lowest BCUT2D eigenvalue weighted by atomic mass is 9.99. The fourth-order valence-electron chi connectivity index (χ4n) is 6.29. The van der Waals surface area contributed by atoms with Crippen molar-refractivity contribution < 1.29 is 9.13 Å². The normalized spacial score (nSPS) is 14.7. The Morgan fingerprint density at radius 1 is 0.556 bits per heavy atom. The predicted molar refractivity (Wildman–Crippen MR) is 188 cm³/mol. The molecule has 45 heavy (non-hydrogen) atoms. The zero-order chi connectivity index (χ0) is 31.2. The number of benzene rings is 2. The van der Waals surface area contributed by atoms with Crippen LogP contribution in [0.1, 0.15) is 68.2 Å². The van der Waals surface area contributed by atoms with Crippen molar-refractivity contribution >= 4 is 22.5 Å². The summed E-state index contributed by atoms with van der Waals surface area (Å²) in [5.41, 5.74) is 10.5. The molecule has 2 aliphatic rings. The average Bonchev–Trinajstić information content (AvgIpc) is 3.09. The Bertz CT molecular complexity index is 1590. The molecule has 4 aromatic rings. The van der Waals surface area contributed by atoms with Gasteiger partial charge in [0.15, 0.2) is 37.9 Å². The van der Waals surface area contributed by atoms with Crippen LogP contribution in [0.25, 0.3) is 11.1 Å². The van der Waals surface area contributed by atoms with Gasteiger partial charge in [0.1, 0.15) is 0 Å². The first kappa shape index (κ1) is 30.3. The zero-order valence-corrected chi connectivity index (χ0v) is 27.2. The first-order valence-electron chi connectivity index (χ1n) is 16.4. The molecule has 0 bridgehead atoms. The van der Waals surface area contributed by atoms with E-state index in [0.717, 1.165) is 32.6 Å². The fraction of sp³-hybridized carbons (Fsp3) is 0.268. The van der Waals surface area contributed by atoms with Crippen LogP contribution >= 0.6 is 0 Å². The number of hydrogen-bond acceptors (Lipinski definition) is 2. The molecule has 0 saturated carbocycles. The smallest absolute Gasteiger partial charge is 0.169 e. The number of rotatable bonds is 10. The van der Waals surface area contributed by atoms with E-state index < -0.39 is 0 Å². The van der Waals surface area contributed by atoms with Gasteiger partial charge in [0, 0.05) is 61.1 Å². The van der Waals surface area contributed by atoms with E-state index in [1.807, 2.05) is 0 Å². The van der Waals surface area contributed by atoms with Crippen molar-refractivity contribution in [3.8, 4) is 0 Å². The van der Waals surface area contributed by atoms with E-state index in [4.69, 9.17) is 0 Å². The highest BCUT2D eigenvalue weighted by Crippen LogP contribution is 2.31. The lowest BCUT2D eigenvalue weighted by Crippen LogP contribution is -2.38. The third kappa shape index (κ3) is 7.17. The zero-order valence-electron chi connectivity index (χ0n) is 27.2. The SMILES string of the molecule is CC(C)c1ccccc1N1C=CC(c2cc[n+](CCC[n+]3ccc(C4=CCN(c5ccccc5C(C)C)C=C4)cc3)cc2)=CC1. The van der Waals surface area contributed by atoms with E-state index in [1.54, 1.807) is 0 Å². The summed E-state index contributed by atoms with van der Waals surface area (Å²) < 4.78 is 4.58. The molecule has 0 N–H and O–H groups in total. The molecule has 4 nitrogen and oxygen atoms in total. The van der Waals surface area contributed by atoms with Crippen LogP contribution in [-0.4, -0.2) is 13.1 Å². The molecule has 2 aliphatic heterocycles. The molecule has 228 valence electrons. The molecule has 6 rings (SSSR count). The maximum absolute atomic E-state index is 2.34. The van der Waals surface area contributed by atoms with Gasteiger partial charge in [0.25, 0.3) is 0 Å². The van der Waals surface area contributed by atoms with Gasteiger partial charge in [-0.15, -0.1) is 0 Å². The van der Waals surface area contributed by atoms with Crippen molar-refractivity contribution in [3.05, 3.63) is 157 Å². The summed E-state index contributed by atoms with van der Waals surface area (Å²) in [7, 11) is 0. The topological polar surface area (TPSA) is 14.2 Å². The molecular weight excluding hydrogens is 548 g/mol. The lowest BCUT2D eigenvalue weighted by molar-refractivity contribution is -0.726. The van der Waals surface area contributed by atoms with E-state index in [9.17, 15) is 0 Å². The van der Waals surface area contributed by atoms with Crippen LogP contribution in [-0.2, 0) is 13.1 Å². The Morgan fingerprint density at radius 3 is 1.31 bits per heavy atom. The van der Waals surface area contributed by atoms with Crippen molar-refractivity contribution in [2.45, 2.75) is 59.0 Å². The highest BCUT2D eigenvalue weighted by atomic mass is 15.1. The number of anilines is 2. The summed E-state index contributed by atoms with van der Waals surface area (Å²) in [5, 5.41) is 0. The highest BCUT2D eigenvalue weighted by Gasteiger charge is 2.16. The van der Waals surface area contributed by atoms with Gasteiger partial charge in [-0.3, -0.25) is 0 Å². The third-order valence-corrected chi connectivity index (χ3v) is 8.90. The second kappa shape index (κ2) is 13.9. The molecule has 0 saturated heterocycles. The Morgan fingerprint density at radius 2 is 0.956 bits per heavy atom. The summed E-state index contributed by atoms with van der Waals surface area (Å²) in [4.78, 5) is 4.69. The summed E-state index contributed by atoms with van der Waals surface area (Å²) >= 11 is 0. The van der Waals surface area contributed by atoms with Crippen LogP contribution in [0.5, 0.6) is 0 Å². The van der Waals surface area contributed by atoms with Gasteiger partial charge < -0.3 is 9.80 Å². The minimum atomic E-state index is 0.504. The molecule has 2 aromatic carbocycles. The monoisotopic (exact) mass is 594 g/mol. The van der Waals surface area contributed by atoms with E-state index in [0.29, 0.717) is 11.8 Å². The summed E-state index contributed by atoms with van der Waals surface area (Å²) in [6.07, 6.45) is 23.5. The number of aromatic nitrogens is 2. The molecule has 0 radical (unpaired) electrons. The van der Waals surface area contributed by atoms with Crippen LogP contribution in [0.3, 0.4) is 0 Å². The standard InChI is InChI=1S/C41H46N4/c1-32(2)38-10-5-7-12-40(38)44-28-18-36(19-29-44)34-14-24-42(25-15-34)22-9-23-43-26-16-35(17-27-43)37-20-30-45(31-21-37)41-13-8-6-11-39(41)33(3)4/h5-8,10-21,24-28,30,32-33H,9,22-23,29,31H2,1-4H3/q+2. The Hall–Kier alpha value is -4.70. The number of aryl methyl sites for hydroxylation is 2. The van der Waals surface area contributed by atoms with Gasteiger partial charge in [-0.25, -0.2) is 9.13 Å². The summed E-state index contributed by atoms with van der Waals surface area (Å²) in [5.74, 6) is 1.01. The maximum Gasteiger partial charge on any atom is 0.169 e. The molecule has 4 heteroatoms. The van der Waals surface area contributed by atoms with Crippen molar-refractivity contribution in [3.63, 3.8) is 0 Å². The van der Waals surface area contributed by atoms with Crippen molar-refractivity contribution in [2.75, 3.05) is 22.9 Å². The van der Waals surface area contributed by atoms with Gasteiger partial charge in [0.2, 0.25) is 0 Å². The molecule has 0 unspecified atom stereocenters. The van der Waals surface area contributed by atoms with E-state index in [2.05, 4.69) is 181 Å². The van der Waals surface area contributed by atoms with E-state index in [1.165, 1.54) is 44.8 Å². The van der Waals surface area contributed by atoms with E-state index in [-0.39, 0.29) is 0 Å². The number of nitrogens with zero attached hydrogens (tertiary/aromatic N) is 4. The van der Waals surface area contributed by atoms with Gasteiger partial charge in [-0.2, -0.15) is 0 Å². The summed E-state index contributed by atoms with van der Waals surface area (Å²) in [6, 6.07) is 26.4. The molecule has 0 spiro atoms. The number of hydrogen-bond donors (Lipinski definition) is 0. The van der Waals surface area contributed by atoms with Crippen molar-refractivity contribution in [1.82, 2.24) is 0 Å². The molecular formula is C41H46N4+2. The van der Waals surface area contributed by atoms with Gasteiger partial charge in [-0.05, 0) is 69.5 Å². The van der Waals surface area contributed by atoms with Crippen LogP contribution in [0.15, 0.2) is 134 Å². The lowest BCUT2D eigenvalue weighted by Gasteiger charge is -2.26. The van der Waals surface area contributed by atoms with E-state index >= 15 is 0 Å². The number of allylic oxidation sites excluding steroid dienone is 4. The Labute approximate surface area is 269 Å². The largest absolute Gasteiger partial charge is 0.344 e. The second-order valence-corrected chi connectivity index (χ2v) is 12.7. The molecule has 0 fully saturated rings. The van der Waals surface area contributed by atoms with Gasteiger partial charge >= 0.3 is 0 Å².